The first-order chi connectivity index (χ1) is 10.3. The zero-order valence-corrected chi connectivity index (χ0v) is 11.7. The number of aromatic nitrogens is 3. The average Bonchev–Trinajstić information content (AvgIpc) is 3.18. The van der Waals surface area contributed by atoms with Crippen molar-refractivity contribution in [1.82, 2.24) is 20.1 Å². The second-order valence-corrected chi connectivity index (χ2v) is 5.05. The smallest absolute Gasteiger partial charge is 0.222 e. The number of carbonyl (C=O) groups is 1. The van der Waals surface area contributed by atoms with Gasteiger partial charge in [0.25, 0.3) is 0 Å². The highest BCUT2D eigenvalue weighted by Gasteiger charge is 2.19. The average molecular weight is 286 g/mol. The fourth-order valence-corrected chi connectivity index (χ4v) is 2.45. The summed E-state index contributed by atoms with van der Waals surface area (Å²) in [5.41, 5.74) is 0.932. The summed E-state index contributed by atoms with van der Waals surface area (Å²) >= 11 is 0. The van der Waals surface area contributed by atoms with Gasteiger partial charge in [0.1, 0.15) is 0 Å². The minimum Gasteiger partial charge on any atom is -0.378 e. The lowest BCUT2D eigenvalue weighted by Crippen LogP contribution is -2.27. The van der Waals surface area contributed by atoms with Crippen molar-refractivity contribution in [1.29, 1.82) is 0 Å². The summed E-state index contributed by atoms with van der Waals surface area (Å²) in [7, 11) is 0. The van der Waals surface area contributed by atoms with E-state index in [1.165, 1.54) is 0 Å². The maximum atomic E-state index is 11.9. The molecule has 3 heterocycles. The lowest BCUT2D eigenvalue weighted by Gasteiger charge is -2.11. The van der Waals surface area contributed by atoms with E-state index in [1.54, 1.807) is 17.1 Å². The fourth-order valence-electron chi connectivity index (χ4n) is 2.45. The maximum Gasteiger partial charge on any atom is 0.222 e. The molecular weight excluding hydrogens is 268 g/mol. The molecule has 6 nitrogen and oxygen atoms in total. The SMILES string of the molecule is O=C(C[C@H]1CCCO1)NCc1cccnc1-n1cccn1. The highest BCUT2D eigenvalue weighted by Crippen LogP contribution is 2.15. The third-order valence-electron chi connectivity index (χ3n) is 3.50. The Balaban J connectivity index is 1.61. The van der Waals surface area contributed by atoms with Crippen LogP contribution in [0.5, 0.6) is 0 Å². The molecule has 2 aromatic heterocycles. The van der Waals surface area contributed by atoms with Crippen LogP contribution in [0.3, 0.4) is 0 Å². The van der Waals surface area contributed by atoms with Crippen LogP contribution in [0.15, 0.2) is 36.8 Å². The van der Waals surface area contributed by atoms with Gasteiger partial charge < -0.3 is 10.1 Å². The fraction of sp³-hybridized carbons (Fsp3) is 0.400. The molecule has 0 aliphatic carbocycles. The standard InChI is InChI=1S/C15H18N4O2/c20-14(10-13-5-2-9-21-13)17-11-12-4-1-6-16-15(12)19-8-3-7-18-19/h1,3-4,6-8,13H,2,5,9-11H2,(H,17,20)/t13-/m1/s1. The van der Waals surface area contributed by atoms with Gasteiger partial charge in [0.2, 0.25) is 5.91 Å². The van der Waals surface area contributed by atoms with Gasteiger partial charge in [-0.05, 0) is 25.0 Å². The first-order valence-corrected chi connectivity index (χ1v) is 7.15. The van der Waals surface area contributed by atoms with Gasteiger partial charge in [-0.15, -0.1) is 0 Å². The molecule has 0 radical (unpaired) electrons. The zero-order chi connectivity index (χ0) is 14.5. The molecule has 3 rings (SSSR count). The molecule has 0 saturated carbocycles. The van der Waals surface area contributed by atoms with Crippen LogP contribution in [0.2, 0.25) is 0 Å². The monoisotopic (exact) mass is 286 g/mol. The molecule has 0 aromatic carbocycles. The molecule has 0 bridgehead atoms. The summed E-state index contributed by atoms with van der Waals surface area (Å²) in [6.07, 6.45) is 7.77. The third-order valence-corrected chi connectivity index (χ3v) is 3.50. The van der Waals surface area contributed by atoms with Crippen LogP contribution in [0.25, 0.3) is 5.82 Å². The number of rotatable bonds is 5. The van der Waals surface area contributed by atoms with Gasteiger partial charge in [-0.2, -0.15) is 5.10 Å². The van der Waals surface area contributed by atoms with E-state index >= 15 is 0 Å². The summed E-state index contributed by atoms with van der Waals surface area (Å²) in [6.45, 7) is 1.21. The Morgan fingerprint density at radius 3 is 3.14 bits per heavy atom. The van der Waals surface area contributed by atoms with Crippen LogP contribution >= 0.6 is 0 Å². The van der Waals surface area contributed by atoms with Gasteiger partial charge >= 0.3 is 0 Å². The summed E-state index contributed by atoms with van der Waals surface area (Å²) in [4.78, 5) is 16.3. The van der Waals surface area contributed by atoms with Gasteiger partial charge in [0.15, 0.2) is 5.82 Å². The molecule has 0 unspecified atom stereocenters. The molecule has 1 atom stereocenters. The lowest BCUT2D eigenvalue weighted by atomic mass is 10.1. The molecule has 110 valence electrons. The quantitative estimate of drug-likeness (QED) is 0.903. The Hall–Kier alpha value is -2.21. The topological polar surface area (TPSA) is 69.0 Å². The van der Waals surface area contributed by atoms with E-state index < -0.39 is 0 Å². The van der Waals surface area contributed by atoms with Crippen molar-refractivity contribution >= 4 is 5.91 Å². The lowest BCUT2D eigenvalue weighted by molar-refractivity contribution is -0.123. The predicted octanol–water partition coefficient (Wildman–Crippen LogP) is 1.45. The Kier molecular flexibility index (Phi) is 4.25. The van der Waals surface area contributed by atoms with Crippen LogP contribution in [-0.4, -0.2) is 33.4 Å². The minimum absolute atomic E-state index is 0.0113. The largest absolute Gasteiger partial charge is 0.378 e. The van der Waals surface area contributed by atoms with Gasteiger partial charge in [0.05, 0.1) is 12.5 Å². The van der Waals surface area contributed by atoms with Gasteiger partial charge in [-0.1, -0.05) is 6.07 Å². The summed E-state index contributed by atoms with van der Waals surface area (Å²) in [5, 5.41) is 7.11. The van der Waals surface area contributed by atoms with Crippen molar-refractivity contribution < 1.29 is 9.53 Å². The normalized spacial score (nSPS) is 17.8. The van der Waals surface area contributed by atoms with Crippen molar-refractivity contribution in [3.63, 3.8) is 0 Å². The van der Waals surface area contributed by atoms with Crippen molar-refractivity contribution in [3.8, 4) is 5.82 Å². The second kappa shape index (κ2) is 6.49. The molecule has 6 heteroatoms. The molecule has 1 aliphatic rings. The molecule has 1 N–H and O–H groups in total. The highest BCUT2D eigenvalue weighted by molar-refractivity contribution is 5.76. The molecule has 1 saturated heterocycles. The number of hydrogen-bond donors (Lipinski definition) is 1. The summed E-state index contributed by atoms with van der Waals surface area (Å²) in [5.74, 6) is 0.747. The number of nitrogens with zero attached hydrogens (tertiary/aromatic N) is 3. The predicted molar refractivity (Wildman–Crippen MR) is 76.8 cm³/mol. The van der Waals surface area contributed by atoms with Crippen LogP contribution in [0.4, 0.5) is 0 Å². The van der Waals surface area contributed by atoms with E-state index in [4.69, 9.17) is 4.74 Å². The minimum atomic E-state index is 0.0113. The van der Waals surface area contributed by atoms with Gasteiger partial charge in [0, 0.05) is 37.3 Å². The van der Waals surface area contributed by atoms with E-state index in [0.29, 0.717) is 13.0 Å². The molecular formula is C15H18N4O2. The number of carbonyl (C=O) groups excluding carboxylic acids is 1. The molecule has 2 aromatic rings. The first-order valence-electron chi connectivity index (χ1n) is 7.15. The van der Waals surface area contributed by atoms with Crippen molar-refractivity contribution in [3.05, 3.63) is 42.4 Å². The summed E-state index contributed by atoms with van der Waals surface area (Å²) < 4.78 is 7.17. The first kappa shape index (κ1) is 13.8. The van der Waals surface area contributed by atoms with E-state index in [9.17, 15) is 4.79 Å². The van der Waals surface area contributed by atoms with Crippen LogP contribution in [0, 0.1) is 0 Å². The number of nitrogens with one attached hydrogen (secondary N) is 1. The van der Waals surface area contributed by atoms with Crippen LogP contribution < -0.4 is 5.32 Å². The van der Waals surface area contributed by atoms with Crippen molar-refractivity contribution in [2.24, 2.45) is 0 Å². The molecule has 1 aliphatic heterocycles. The number of hydrogen-bond acceptors (Lipinski definition) is 4. The molecule has 0 spiro atoms. The second-order valence-electron chi connectivity index (χ2n) is 5.05. The maximum absolute atomic E-state index is 11.9. The van der Waals surface area contributed by atoms with Gasteiger partial charge in [-0.3, -0.25) is 4.79 Å². The molecule has 1 fully saturated rings. The Bertz CT molecular complexity index is 591. The van der Waals surface area contributed by atoms with Crippen molar-refractivity contribution in [2.45, 2.75) is 31.9 Å². The van der Waals surface area contributed by atoms with Crippen LogP contribution in [0.1, 0.15) is 24.8 Å². The van der Waals surface area contributed by atoms with Gasteiger partial charge in [-0.25, -0.2) is 9.67 Å². The Morgan fingerprint density at radius 2 is 2.38 bits per heavy atom. The van der Waals surface area contributed by atoms with E-state index in [-0.39, 0.29) is 12.0 Å². The summed E-state index contributed by atoms with van der Waals surface area (Å²) in [6, 6.07) is 5.64. The number of ether oxygens (including phenoxy) is 1. The van der Waals surface area contributed by atoms with E-state index in [1.807, 2.05) is 24.4 Å². The molecule has 21 heavy (non-hydrogen) atoms. The Labute approximate surface area is 123 Å². The number of pyridine rings is 1. The molecule has 1 amide bonds. The van der Waals surface area contributed by atoms with E-state index in [2.05, 4.69) is 15.4 Å². The zero-order valence-electron chi connectivity index (χ0n) is 11.7. The highest BCUT2D eigenvalue weighted by atomic mass is 16.5. The number of amides is 1. The van der Waals surface area contributed by atoms with Crippen molar-refractivity contribution in [2.75, 3.05) is 6.61 Å². The van der Waals surface area contributed by atoms with Crippen LogP contribution in [-0.2, 0) is 16.1 Å². The van der Waals surface area contributed by atoms with E-state index in [0.717, 1.165) is 30.8 Å². The Morgan fingerprint density at radius 1 is 1.43 bits per heavy atom. The third kappa shape index (κ3) is 3.46.